The predicted octanol–water partition coefficient (Wildman–Crippen LogP) is 15.1. The van der Waals surface area contributed by atoms with Gasteiger partial charge in [-0.15, -0.1) is 0 Å². The number of amides is 1. The number of methoxy groups -OCH3 is 2. The van der Waals surface area contributed by atoms with E-state index >= 15 is 0 Å². The summed E-state index contributed by atoms with van der Waals surface area (Å²) in [5, 5.41) is 18.9. The largest absolute Gasteiger partial charge is 0.480 e. The lowest BCUT2D eigenvalue weighted by molar-refractivity contribution is -0.146. The van der Waals surface area contributed by atoms with E-state index in [-0.39, 0.29) is 79.3 Å². The van der Waals surface area contributed by atoms with Crippen molar-refractivity contribution in [3.05, 3.63) is 281 Å². The summed E-state index contributed by atoms with van der Waals surface area (Å²) in [6.07, 6.45) is 14.4. The van der Waals surface area contributed by atoms with Crippen LogP contribution >= 0.6 is 54.0 Å². The summed E-state index contributed by atoms with van der Waals surface area (Å²) in [5.74, 6) is -1.48. The van der Waals surface area contributed by atoms with Crippen molar-refractivity contribution >= 4 is 94.5 Å². The number of benzene rings is 7. The van der Waals surface area contributed by atoms with Crippen LogP contribution in [-0.2, 0) is 50.3 Å². The summed E-state index contributed by atoms with van der Waals surface area (Å²) < 4.78 is 10.0. The lowest BCUT2D eigenvalue weighted by atomic mass is 9.79. The molecular formula is C70H79NO8S4. The quantitative estimate of drug-likeness (QED) is 0.0504. The van der Waals surface area contributed by atoms with Crippen LogP contribution in [0.4, 0.5) is 0 Å². The molecule has 13 heteroatoms. The van der Waals surface area contributed by atoms with Crippen LogP contribution in [0.1, 0.15) is 105 Å². The minimum absolute atomic E-state index is 0. The molecule has 4 aliphatic rings. The van der Waals surface area contributed by atoms with Crippen molar-refractivity contribution < 1.29 is 39.0 Å². The van der Waals surface area contributed by atoms with Crippen LogP contribution in [0.15, 0.2) is 242 Å². The van der Waals surface area contributed by atoms with Crippen molar-refractivity contribution in [3.63, 3.8) is 0 Å². The second kappa shape index (κ2) is 32.5. The summed E-state index contributed by atoms with van der Waals surface area (Å²) in [6, 6.07) is 69.2. The molecule has 11 rings (SSSR count). The van der Waals surface area contributed by atoms with Crippen molar-refractivity contribution in [1.29, 1.82) is 0 Å². The summed E-state index contributed by atoms with van der Waals surface area (Å²) in [4.78, 5) is 48.6. The zero-order valence-corrected chi connectivity index (χ0v) is 50.5. The number of allylic oxidation sites excluding steroid dienone is 4. The molecular weight excluding hydrogens is 1110 g/mol. The van der Waals surface area contributed by atoms with Crippen LogP contribution < -0.4 is 5.48 Å². The molecule has 0 saturated heterocycles. The van der Waals surface area contributed by atoms with Gasteiger partial charge in [0.25, 0.3) is 5.91 Å². The maximum absolute atomic E-state index is 12.4. The average molecular weight is 1190 g/mol. The number of nitrogens with one attached hydrogen (secondary N) is 1. The molecule has 7 aromatic rings. The number of hydrogen-bond acceptors (Lipinski definition) is 7. The zero-order chi connectivity index (χ0) is 55.0. The minimum atomic E-state index is -0.883. The van der Waals surface area contributed by atoms with Gasteiger partial charge in [0, 0.05) is 0 Å². The third-order valence-corrected chi connectivity index (χ3v) is 15.6. The van der Waals surface area contributed by atoms with E-state index in [0.29, 0.717) is 12.8 Å². The van der Waals surface area contributed by atoms with Crippen molar-refractivity contribution in [3.8, 4) is 0 Å². The molecule has 4 aliphatic carbocycles. The van der Waals surface area contributed by atoms with E-state index in [9.17, 15) is 24.3 Å². The van der Waals surface area contributed by atoms with Crippen LogP contribution in [0.25, 0.3) is 16.7 Å². The van der Waals surface area contributed by atoms with Crippen LogP contribution in [-0.4, -0.2) is 48.3 Å². The molecule has 3 N–H and O–H groups in total. The molecule has 0 spiro atoms. The van der Waals surface area contributed by atoms with Gasteiger partial charge in [0.15, 0.2) is 0 Å². The lowest BCUT2D eigenvalue weighted by Gasteiger charge is -2.25. The van der Waals surface area contributed by atoms with Gasteiger partial charge in [0.2, 0.25) is 0 Å². The van der Waals surface area contributed by atoms with Gasteiger partial charge in [-0.2, -0.15) is 54.0 Å². The standard InChI is InChI=1S/C19H18O2.C18H17NO2.C18H16O2.C14H16O2.CH4.4H2S/c1-21-18(20)19(17-10-6-3-7-11-17)13-12-16(14-19)15-8-4-2-5-9-15;20-17(19-21)18(16-9-5-2-6-10-16)12-11-15(13-18)14-7-3-1-4-8-14;19-17(20)18(16-9-5-2-6-10-16)12-11-15(13-18)14-7-3-1-4-8-14;1-11-8-9-14(10-11,13(15)16-2)12-6-4-3-5-7-12;;;;;/h2-11,14H,12-13H2,1H3;1-10,13,21H,11-12H2,(H,19,20);1-10,13H,11-12H2,(H,19,20);3-7,10H,8-9H2,1-2H3;1H4;4*1H2/t19-;2*18-;14-;;;;;/m0000...../s1. The maximum Gasteiger partial charge on any atom is 0.320 e. The number of ether oxygens (including phenoxy) is 2. The van der Waals surface area contributed by atoms with Crippen LogP contribution in [0, 0.1) is 0 Å². The van der Waals surface area contributed by atoms with Gasteiger partial charge in [-0.3, -0.25) is 24.4 Å². The van der Waals surface area contributed by atoms with E-state index in [1.807, 2.05) is 224 Å². The average Bonchev–Trinajstić information content (AvgIpc) is 4.56. The summed E-state index contributed by atoms with van der Waals surface area (Å²) in [7, 11) is 2.91. The Bertz CT molecular complexity index is 3170. The normalized spacial score (nSPS) is 20.4. The number of aliphatic carboxylic acids is 1. The van der Waals surface area contributed by atoms with Gasteiger partial charge in [0.1, 0.15) is 16.2 Å². The Morgan fingerprint density at radius 2 is 0.639 bits per heavy atom. The molecule has 0 radical (unpaired) electrons. The fourth-order valence-corrected chi connectivity index (χ4v) is 11.4. The van der Waals surface area contributed by atoms with Gasteiger partial charge >= 0.3 is 17.9 Å². The first kappa shape index (κ1) is 70.0. The molecule has 0 aromatic heterocycles. The Morgan fingerprint density at radius 3 is 0.940 bits per heavy atom. The van der Waals surface area contributed by atoms with Gasteiger partial charge in [0.05, 0.1) is 19.6 Å². The molecule has 0 aliphatic heterocycles. The smallest absolute Gasteiger partial charge is 0.320 e. The van der Waals surface area contributed by atoms with Gasteiger partial charge in [-0.25, -0.2) is 5.48 Å². The van der Waals surface area contributed by atoms with Crippen molar-refractivity contribution in [1.82, 2.24) is 5.48 Å². The highest BCUT2D eigenvalue weighted by Gasteiger charge is 2.45. The Hall–Kier alpha value is -7.26. The lowest BCUT2D eigenvalue weighted by Crippen LogP contribution is -2.40. The first-order chi connectivity index (χ1) is 37.9. The molecule has 1 amide bonds. The SMILES string of the molecule is C.COC(=O)[C@]1(c2ccccc2)C=C(C)CC1.COC(=O)[C@]1(c2ccccc2)C=C(c2ccccc2)CC1.O=C(NO)[C@]1(c2ccccc2)C=C(c2ccccc2)CC1.O=C(O)[C@]1(c2ccccc2)C=C(c2ccccc2)CC1.S.S.S.S. The van der Waals surface area contributed by atoms with Gasteiger partial charge < -0.3 is 14.6 Å². The van der Waals surface area contributed by atoms with E-state index in [1.54, 1.807) is 0 Å². The predicted molar refractivity (Wildman–Crippen MR) is 356 cm³/mol. The molecule has 7 aromatic carbocycles. The molecule has 4 atom stereocenters. The topological polar surface area (TPSA) is 139 Å². The number of hydrogen-bond donors (Lipinski definition) is 3. The number of carboxylic acid groups (broad SMARTS) is 1. The van der Waals surface area contributed by atoms with Gasteiger partial charge in [-0.05, 0) is 114 Å². The molecule has 0 saturated carbocycles. The summed E-state index contributed by atoms with van der Waals surface area (Å²) in [5.41, 5.74) is 10.9. The van der Waals surface area contributed by atoms with E-state index in [2.05, 4.69) is 25.1 Å². The fourth-order valence-electron chi connectivity index (χ4n) is 11.4. The second-order valence-electron chi connectivity index (χ2n) is 20.2. The number of carbonyl (C=O) groups excluding carboxylic acids is 3. The highest BCUT2D eigenvalue weighted by molar-refractivity contribution is 7.59. The fraction of sp³-hybridized carbons (Fsp3) is 0.229. The maximum atomic E-state index is 12.4. The first-order valence-corrected chi connectivity index (χ1v) is 26.5. The molecule has 9 nitrogen and oxygen atoms in total. The molecule has 83 heavy (non-hydrogen) atoms. The zero-order valence-electron chi connectivity index (χ0n) is 46.5. The van der Waals surface area contributed by atoms with E-state index in [1.165, 1.54) is 30.9 Å². The molecule has 0 fully saturated rings. The Balaban J connectivity index is 0.000000286. The van der Waals surface area contributed by atoms with E-state index in [4.69, 9.17) is 14.7 Å². The van der Waals surface area contributed by atoms with Crippen LogP contribution in [0.3, 0.4) is 0 Å². The van der Waals surface area contributed by atoms with Gasteiger partial charge in [-0.1, -0.05) is 250 Å². The summed E-state index contributed by atoms with van der Waals surface area (Å²) in [6.45, 7) is 2.06. The van der Waals surface area contributed by atoms with E-state index in [0.717, 1.165) is 83.1 Å². The Morgan fingerprint density at radius 1 is 0.386 bits per heavy atom. The monoisotopic (exact) mass is 1190 g/mol. The number of carboxylic acids is 1. The number of rotatable bonds is 11. The highest BCUT2D eigenvalue weighted by atomic mass is 32.1. The van der Waals surface area contributed by atoms with Crippen LogP contribution in [0.2, 0.25) is 0 Å². The van der Waals surface area contributed by atoms with E-state index < -0.39 is 27.6 Å². The number of hydroxylamine groups is 1. The third kappa shape index (κ3) is 15.7. The van der Waals surface area contributed by atoms with Crippen LogP contribution in [0.5, 0.6) is 0 Å². The second-order valence-corrected chi connectivity index (χ2v) is 20.2. The van der Waals surface area contributed by atoms with Crippen molar-refractivity contribution in [2.75, 3.05) is 14.2 Å². The Labute approximate surface area is 518 Å². The number of carbonyl (C=O) groups is 4. The Kier molecular flexibility index (Phi) is 27.5. The number of esters is 2. The highest BCUT2D eigenvalue weighted by Crippen LogP contribution is 2.46. The molecule has 0 heterocycles. The third-order valence-electron chi connectivity index (χ3n) is 15.6. The summed E-state index contributed by atoms with van der Waals surface area (Å²) >= 11 is 0. The molecule has 436 valence electrons. The minimum Gasteiger partial charge on any atom is -0.480 e. The molecule has 0 bridgehead atoms. The molecule has 0 unspecified atom stereocenters. The first-order valence-electron chi connectivity index (χ1n) is 26.5. The van der Waals surface area contributed by atoms with Crippen molar-refractivity contribution in [2.45, 2.75) is 87.4 Å². The van der Waals surface area contributed by atoms with Crippen molar-refractivity contribution in [2.24, 2.45) is 0 Å².